The molecule has 2 bridgehead atoms. The maximum Gasteiger partial charge on any atom is 0.280 e. The first-order valence-electron chi connectivity index (χ1n) is 10.0. The van der Waals surface area contributed by atoms with Crippen molar-refractivity contribution >= 4 is 17.2 Å². The fourth-order valence-electron chi connectivity index (χ4n) is 5.09. The maximum absolute atomic E-state index is 12.9. The molecule has 0 unspecified atom stereocenters. The average molecular weight is 412 g/mol. The van der Waals surface area contributed by atoms with Crippen LogP contribution in [0.1, 0.15) is 61.4 Å². The van der Waals surface area contributed by atoms with Gasteiger partial charge in [0.15, 0.2) is 0 Å². The molecule has 0 aliphatic heterocycles. The van der Waals surface area contributed by atoms with Gasteiger partial charge >= 0.3 is 0 Å². The molecule has 3 aromatic rings. The van der Waals surface area contributed by atoms with E-state index in [1.165, 1.54) is 18.2 Å². The Morgan fingerprint density at radius 1 is 1.27 bits per heavy atom. The topological polar surface area (TPSA) is 68.5 Å². The lowest BCUT2D eigenvalue weighted by molar-refractivity contribution is -0.127. The number of nitrogens with zero attached hydrogens (tertiary/aromatic N) is 3. The number of pyridine rings is 2. The Kier molecular flexibility index (Phi) is 4.10. The highest BCUT2D eigenvalue weighted by molar-refractivity contribution is 6.03. The summed E-state index contributed by atoms with van der Waals surface area (Å²) < 4.78 is 33.4. The van der Waals surface area contributed by atoms with Crippen LogP contribution in [0.15, 0.2) is 36.7 Å². The number of carbonyl (C=O) groups excluding carboxylic acids is 1. The third-order valence-corrected chi connectivity index (χ3v) is 6.17. The average Bonchev–Trinajstić information content (AvgIpc) is 3.07. The van der Waals surface area contributed by atoms with E-state index in [0.29, 0.717) is 23.5 Å². The summed E-state index contributed by atoms with van der Waals surface area (Å²) in [6.45, 7) is 4.57. The highest BCUT2D eigenvalue weighted by Gasteiger charge is 2.66. The number of fused-ring (bicyclic) bond motifs is 1. The molecule has 3 heterocycles. The maximum atomic E-state index is 12.9. The molecule has 3 fully saturated rings. The third kappa shape index (κ3) is 2.93. The Morgan fingerprint density at radius 2 is 2.03 bits per heavy atom. The lowest BCUT2D eigenvalue weighted by Gasteiger charge is -2.69. The lowest BCUT2D eigenvalue weighted by Crippen LogP contribution is -2.63. The van der Waals surface area contributed by atoms with E-state index in [1.54, 1.807) is 12.3 Å². The summed E-state index contributed by atoms with van der Waals surface area (Å²) in [6, 6.07) is 5.78. The Balaban J connectivity index is 1.46. The highest BCUT2D eigenvalue weighted by atomic mass is 19.3. The van der Waals surface area contributed by atoms with Crippen LogP contribution in [0.3, 0.4) is 0 Å². The Morgan fingerprint density at radius 3 is 2.70 bits per heavy atom. The lowest BCUT2D eigenvalue weighted by atomic mass is 9.35. The molecular weight excluding hydrogens is 390 g/mol. The van der Waals surface area contributed by atoms with E-state index in [4.69, 9.17) is 9.72 Å². The molecule has 6 nitrogen and oxygen atoms in total. The number of imidazole rings is 1. The second-order valence-corrected chi connectivity index (χ2v) is 8.70. The van der Waals surface area contributed by atoms with E-state index in [0.717, 1.165) is 30.6 Å². The highest BCUT2D eigenvalue weighted by Crippen LogP contribution is 2.73. The quantitative estimate of drug-likeness (QED) is 0.634. The SMILES string of the molecule is CCOc1cc2nc(C34CC(C)(C3)C4)cn2cc1NC(=O)c1cccc(C(F)F)n1. The molecule has 0 aromatic carbocycles. The molecule has 1 amide bonds. The zero-order chi connectivity index (χ0) is 21.1. The number of hydrogen-bond donors (Lipinski definition) is 1. The van der Waals surface area contributed by atoms with Crippen molar-refractivity contribution in [2.24, 2.45) is 5.41 Å². The van der Waals surface area contributed by atoms with Gasteiger partial charge in [-0.2, -0.15) is 0 Å². The molecule has 3 aliphatic rings. The Hall–Kier alpha value is -3.03. The van der Waals surface area contributed by atoms with Crippen LogP contribution < -0.4 is 10.1 Å². The van der Waals surface area contributed by atoms with Crippen LogP contribution in [0, 0.1) is 5.41 Å². The third-order valence-electron chi connectivity index (χ3n) is 6.17. The summed E-state index contributed by atoms with van der Waals surface area (Å²) in [6.07, 6.45) is 4.51. The fraction of sp³-hybridized carbons (Fsp3) is 0.409. The molecule has 6 rings (SSSR count). The van der Waals surface area contributed by atoms with Crippen molar-refractivity contribution in [1.82, 2.24) is 14.4 Å². The summed E-state index contributed by atoms with van der Waals surface area (Å²) in [5, 5.41) is 2.74. The van der Waals surface area contributed by atoms with E-state index in [2.05, 4.69) is 17.2 Å². The number of anilines is 1. The Bertz CT molecular complexity index is 1140. The number of nitrogens with one attached hydrogen (secondary N) is 1. The van der Waals surface area contributed by atoms with Crippen LogP contribution in [0.5, 0.6) is 5.75 Å². The van der Waals surface area contributed by atoms with Crippen molar-refractivity contribution in [2.45, 2.75) is 45.0 Å². The van der Waals surface area contributed by atoms with Gasteiger partial charge in [0.05, 0.1) is 12.3 Å². The van der Waals surface area contributed by atoms with Crippen molar-refractivity contribution in [3.05, 3.63) is 53.7 Å². The smallest absolute Gasteiger partial charge is 0.280 e. The van der Waals surface area contributed by atoms with Gasteiger partial charge in [0.1, 0.15) is 28.5 Å². The van der Waals surface area contributed by atoms with Crippen LogP contribution in [-0.2, 0) is 5.41 Å². The molecule has 8 heteroatoms. The van der Waals surface area contributed by atoms with Crippen molar-refractivity contribution in [3.8, 4) is 5.75 Å². The number of halogens is 2. The van der Waals surface area contributed by atoms with Gasteiger partial charge in [-0.05, 0) is 43.7 Å². The van der Waals surface area contributed by atoms with Gasteiger partial charge in [-0.15, -0.1) is 0 Å². The summed E-state index contributed by atoms with van der Waals surface area (Å²) in [7, 11) is 0. The number of rotatable bonds is 6. The van der Waals surface area contributed by atoms with Crippen LogP contribution >= 0.6 is 0 Å². The van der Waals surface area contributed by atoms with Crippen molar-refractivity contribution in [1.29, 1.82) is 0 Å². The fourth-order valence-corrected chi connectivity index (χ4v) is 5.09. The first-order valence-corrected chi connectivity index (χ1v) is 10.0. The standard InChI is InChI=1S/C22H22F2N4O2/c1-3-30-16-7-18-27-17(22-10-21(2,11-22)12-22)9-28(18)8-15(16)26-20(29)14-6-4-5-13(25-14)19(23)24/h4-9,19H,3,10-12H2,1-2H3,(H,26,29). The van der Waals surface area contributed by atoms with E-state index in [-0.39, 0.29) is 11.1 Å². The number of carbonyl (C=O) groups is 1. The number of alkyl halides is 2. The molecule has 0 spiro atoms. The first kappa shape index (κ1) is 19.0. The minimum absolute atomic E-state index is 0.0798. The predicted octanol–water partition coefficient (Wildman–Crippen LogP) is 4.76. The summed E-state index contributed by atoms with van der Waals surface area (Å²) in [5.74, 6) is -0.101. The van der Waals surface area contributed by atoms with Crippen molar-refractivity contribution in [2.75, 3.05) is 11.9 Å². The van der Waals surface area contributed by atoms with Crippen LogP contribution in [-0.4, -0.2) is 26.9 Å². The van der Waals surface area contributed by atoms with E-state index >= 15 is 0 Å². The molecule has 3 saturated carbocycles. The van der Waals surface area contributed by atoms with Crippen LogP contribution in [0.25, 0.3) is 5.65 Å². The number of ether oxygens (including phenoxy) is 1. The number of amides is 1. The van der Waals surface area contributed by atoms with Gasteiger partial charge in [-0.1, -0.05) is 13.0 Å². The van der Waals surface area contributed by atoms with Gasteiger partial charge in [0, 0.05) is 23.9 Å². The van der Waals surface area contributed by atoms with Crippen LogP contribution in [0.2, 0.25) is 0 Å². The van der Waals surface area contributed by atoms with Crippen molar-refractivity contribution < 1.29 is 18.3 Å². The van der Waals surface area contributed by atoms with Gasteiger partial charge in [0.2, 0.25) is 0 Å². The largest absolute Gasteiger partial charge is 0.491 e. The minimum atomic E-state index is -2.74. The van der Waals surface area contributed by atoms with Gasteiger partial charge in [-0.25, -0.2) is 18.7 Å². The van der Waals surface area contributed by atoms with Gasteiger partial charge in [-0.3, -0.25) is 4.79 Å². The first-order chi connectivity index (χ1) is 14.3. The zero-order valence-corrected chi connectivity index (χ0v) is 16.8. The molecule has 0 saturated heterocycles. The van der Waals surface area contributed by atoms with Crippen molar-refractivity contribution in [3.63, 3.8) is 0 Å². The molecule has 30 heavy (non-hydrogen) atoms. The Labute approximate surface area is 172 Å². The predicted molar refractivity (Wildman–Crippen MR) is 107 cm³/mol. The summed E-state index contributed by atoms with van der Waals surface area (Å²) >= 11 is 0. The number of hydrogen-bond acceptors (Lipinski definition) is 4. The molecule has 156 valence electrons. The van der Waals surface area contributed by atoms with Crippen LogP contribution in [0.4, 0.5) is 14.5 Å². The molecule has 3 aromatic heterocycles. The minimum Gasteiger partial charge on any atom is -0.491 e. The van der Waals surface area contributed by atoms with E-state index in [9.17, 15) is 13.6 Å². The molecule has 0 atom stereocenters. The molecule has 3 aliphatic carbocycles. The number of aromatic nitrogens is 3. The van der Waals surface area contributed by atoms with E-state index in [1.807, 2.05) is 17.5 Å². The summed E-state index contributed by atoms with van der Waals surface area (Å²) in [4.78, 5) is 21.2. The monoisotopic (exact) mass is 412 g/mol. The second-order valence-electron chi connectivity index (χ2n) is 8.70. The van der Waals surface area contributed by atoms with Gasteiger partial charge < -0.3 is 14.5 Å². The van der Waals surface area contributed by atoms with E-state index < -0.39 is 18.0 Å². The molecular formula is C22H22F2N4O2. The van der Waals surface area contributed by atoms with Gasteiger partial charge in [0.25, 0.3) is 12.3 Å². The second kappa shape index (κ2) is 6.48. The summed E-state index contributed by atoms with van der Waals surface area (Å²) in [5.41, 5.74) is 2.41. The molecule has 0 radical (unpaired) electrons. The normalized spacial score (nSPS) is 24.4. The zero-order valence-electron chi connectivity index (χ0n) is 16.8. The molecule has 1 N–H and O–H groups in total.